The molecule has 2 aromatic heterocycles. The first-order chi connectivity index (χ1) is 20.1. The minimum atomic E-state index is -0.745. The van der Waals surface area contributed by atoms with E-state index in [1.807, 2.05) is 19.9 Å². The predicted octanol–water partition coefficient (Wildman–Crippen LogP) is 6.01. The van der Waals surface area contributed by atoms with Gasteiger partial charge in [-0.3, -0.25) is 0 Å². The third-order valence-electron chi connectivity index (χ3n) is 9.47. The first-order valence-corrected chi connectivity index (χ1v) is 16.0. The molecule has 222 valence electrons. The molecule has 42 heavy (non-hydrogen) atoms. The number of aliphatic hydroxyl groups is 1. The Morgan fingerprint density at radius 1 is 1.14 bits per heavy atom. The molecule has 1 N–H and O–H groups in total. The number of halogens is 1. The van der Waals surface area contributed by atoms with Gasteiger partial charge in [-0.2, -0.15) is 0 Å². The van der Waals surface area contributed by atoms with Crippen molar-refractivity contribution < 1.29 is 14.6 Å². The lowest BCUT2D eigenvalue weighted by Crippen LogP contribution is -2.56. The number of hydrogen-bond acceptors (Lipinski definition) is 9. The van der Waals surface area contributed by atoms with Crippen molar-refractivity contribution in [3.63, 3.8) is 0 Å². The fraction of sp³-hybridized carbons (Fsp3) is 0.500. The molecule has 0 radical (unpaired) electrons. The van der Waals surface area contributed by atoms with E-state index in [1.54, 1.807) is 19.3 Å². The quantitative estimate of drug-likeness (QED) is 0.324. The fourth-order valence-electron chi connectivity index (χ4n) is 6.66. The summed E-state index contributed by atoms with van der Waals surface area (Å²) in [5.74, 6) is 1.47. The van der Waals surface area contributed by atoms with Crippen molar-refractivity contribution in [2.45, 2.75) is 68.4 Å². The summed E-state index contributed by atoms with van der Waals surface area (Å²) in [7, 11) is 0. The third kappa shape index (κ3) is 5.35. The molecule has 3 aromatic rings. The van der Waals surface area contributed by atoms with Gasteiger partial charge >= 0.3 is 5.97 Å². The van der Waals surface area contributed by atoms with Crippen molar-refractivity contribution in [2.24, 2.45) is 11.3 Å². The van der Waals surface area contributed by atoms with Crippen LogP contribution in [-0.2, 0) is 11.2 Å². The summed E-state index contributed by atoms with van der Waals surface area (Å²) in [5.41, 5.74) is 2.68. The average Bonchev–Trinajstić information content (AvgIpc) is 3.20. The Hall–Kier alpha value is -2.88. The molecular weight excluding hydrogens is 570 g/mol. The topological polar surface area (TPSA) is 91.7 Å². The molecule has 2 fully saturated rings. The van der Waals surface area contributed by atoms with E-state index in [9.17, 15) is 9.90 Å². The molecule has 0 unspecified atom stereocenters. The standard InChI is InChI=1S/C32H38ClN5O3S/c1-5-41-30(39)27-29(37-14-11-32(12-15-37)16-21-8-6-7-9-23(21)20(32)2)35-17-25(36-27)42-24-10-13-34-28(26(24)33)38-18-22(19-38)31(3,4)40/h6-10,13,17,20,22,40H,5,11-12,14-16,18-19H2,1-4H3/t20-/m1/s1. The Bertz CT molecular complexity index is 1480. The number of hydrogen-bond donors (Lipinski definition) is 1. The number of carbonyl (C=O) groups is 1. The molecule has 0 saturated carbocycles. The number of benzene rings is 1. The number of rotatable bonds is 7. The molecule has 1 aliphatic carbocycles. The zero-order valence-electron chi connectivity index (χ0n) is 24.6. The summed E-state index contributed by atoms with van der Waals surface area (Å²) in [5, 5.41) is 11.4. The number of ether oxygens (including phenoxy) is 1. The lowest BCUT2D eigenvalue weighted by atomic mass is 9.70. The van der Waals surface area contributed by atoms with Gasteiger partial charge in [-0.25, -0.2) is 19.7 Å². The molecular formula is C32H38ClN5O3S. The van der Waals surface area contributed by atoms with Crippen LogP contribution < -0.4 is 9.80 Å². The zero-order valence-corrected chi connectivity index (χ0v) is 26.2. The largest absolute Gasteiger partial charge is 0.461 e. The number of carbonyl (C=O) groups excluding carboxylic acids is 1. The Labute approximate surface area is 256 Å². The Kier molecular flexibility index (Phi) is 7.87. The molecule has 1 spiro atoms. The molecule has 2 saturated heterocycles. The van der Waals surface area contributed by atoms with Crippen molar-refractivity contribution >= 4 is 41.0 Å². The van der Waals surface area contributed by atoms with Crippen LogP contribution >= 0.6 is 23.4 Å². The molecule has 8 nitrogen and oxygen atoms in total. The minimum absolute atomic E-state index is 0.161. The first kappa shape index (κ1) is 29.2. The van der Waals surface area contributed by atoms with Crippen molar-refractivity contribution in [1.29, 1.82) is 0 Å². The van der Waals surface area contributed by atoms with Crippen LogP contribution in [0.5, 0.6) is 0 Å². The highest BCUT2D eigenvalue weighted by atomic mass is 35.5. The van der Waals surface area contributed by atoms with Crippen molar-refractivity contribution in [3.8, 4) is 0 Å². The number of piperidine rings is 1. The van der Waals surface area contributed by atoms with E-state index in [2.05, 4.69) is 46.0 Å². The summed E-state index contributed by atoms with van der Waals surface area (Å²) >= 11 is 8.15. The number of esters is 1. The first-order valence-electron chi connectivity index (χ1n) is 14.8. The van der Waals surface area contributed by atoms with Crippen LogP contribution in [0.4, 0.5) is 11.6 Å². The van der Waals surface area contributed by atoms with Gasteiger partial charge in [0.2, 0.25) is 0 Å². The number of aromatic nitrogens is 3. The second kappa shape index (κ2) is 11.3. The molecule has 4 heterocycles. The summed E-state index contributed by atoms with van der Waals surface area (Å²) in [6, 6.07) is 10.7. The van der Waals surface area contributed by atoms with Gasteiger partial charge in [0.25, 0.3) is 0 Å². The van der Waals surface area contributed by atoms with Gasteiger partial charge in [0.05, 0.1) is 23.4 Å². The van der Waals surface area contributed by atoms with E-state index in [0.29, 0.717) is 40.7 Å². The summed E-state index contributed by atoms with van der Waals surface area (Å²) in [6.45, 7) is 11.1. The number of fused-ring (bicyclic) bond motifs is 1. The summed E-state index contributed by atoms with van der Waals surface area (Å²) < 4.78 is 5.41. The molecule has 3 aliphatic rings. The van der Waals surface area contributed by atoms with Crippen LogP contribution in [-0.4, -0.2) is 64.4 Å². The Morgan fingerprint density at radius 3 is 2.57 bits per heavy atom. The molecule has 0 amide bonds. The molecule has 1 atom stereocenters. The normalized spacial score (nSPS) is 20.0. The third-order valence-corrected chi connectivity index (χ3v) is 10.9. The van der Waals surface area contributed by atoms with Gasteiger partial charge in [0, 0.05) is 43.2 Å². The maximum atomic E-state index is 13.1. The van der Waals surface area contributed by atoms with E-state index < -0.39 is 11.6 Å². The van der Waals surface area contributed by atoms with E-state index in [4.69, 9.17) is 26.3 Å². The van der Waals surface area contributed by atoms with Crippen LogP contribution in [0, 0.1) is 11.3 Å². The number of anilines is 2. The Balaban J connectivity index is 1.20. The van der Waals surface area contributed by atoms with E-state index in [0.717, 1.165) is 37.2 Å². The smallest absolute Gasteiger partial charge is 0.360 e. The highest BCUT2D eigenvalue weighted by Gasteiger charge is 2.45. The van der Waals surface area contributed by atoms with Gasteiger partial charge in [0.1, 0.15) is 10.8 Å². The van der Waals surface area contributed by atoms with Crippen LogP contribution in [0.15, 0.2) is 52.6 Å². The van der Waals surface area contributed by atoms with E-state index in [-0.39, 0.29) is 23.6 Å². The second-order valence-electron chi connectivity index (χ2n) is 12.4. The summed E-state index contributed by atoms with van der Waals surface area (Å²) in [4.78, 5) is 32.2. The molecule has 2 aliphatic heterocycles. The van der Waals surface area contributed by atoms with Crippen LogP contribution in [0.3, 0.4) is 0 Å². The Morgan fingerprint density at radius 2 is 1.88 bits per heavy atom. The lowest BCUT2D eigenvalue weighted by Gasteiger charge is -2.46. The van der Waals surface area contributed by atoms with Gasteiger partial charge in [-0.1, -0.05) is 54.6 Å². The van der Waals surface area contributed by atoms with Crippen molar-refractivity contribution in [2.75, 3.05) is 42.6 Å². The highest BCUT2D eigenvalue weighted by molar-refractivity contribution is 7.99. The average molecular weight is 608 g/mol. The fourth-order valence-corrected chi connectivity index (χ4v) is 7.79. The van der Waals surface area contributed by atoms with E-state index in [1.165, 1.54) is 22.9 Å². The molecule has 6 rings (SSSR count). The predicted molar refractivity (Wildman–Crippen MR) is 166 cm³/mol. The number of nitrogens with zero attached hydrogens (tertiary/aromatic N) is 5. The van der Waals surface area contributed by atoms with E-state index >= 15 is 0 Å². The highest BCUT2D eigenvalue weighted by Crippen LogP contribution is 2.53. The minimum Gasteiger partial charge on any atom is -0.461 e. The monoisotopic (exact) mass is 607 g/mol. The van der Waals surface area contributed by atoms with Gasteiger partial charge in [0.15, 0.2) is 11.5 Å². The maximum Gasteiger partial charge on any atom is 0.360 e. The van der Waals surface area contributed by atoms with Gasteiger partial charge in [-0.15, -0.1) is 0 Å². The number of pyridine rings is 1. The molecule has 0 bridgehead atoms. The van der Waals surface area contributed by atoms with Crippen LogP contribution in [0.2, 0.25) is 5.02 Å². The zero-order chi connectivity index (χ0) is 29.6. The van der Waals surface area contributed by atoms with Gasteiger partial charge < -0.3 is 19.6 Å². The molecule has 1 aromatic carbocycles. The summed E-state index contributed by atoms with van der Waals surface area (Å²) in [6.07, 6.45) is 6.61. The maximum absolute atomic E-state index is 13.1. The van der Waals surface area contributed by atoms with Crippen LogP contribution in [0.25, 0.3) is 0 Å². The lowest BCUT2D eigenvalue weighted by molar-refractivity contribution is 0.00437. The van der Waals surface area contributed by atoms with Gasteiger partial charge in [-0.05, 0) is 68.6 Å². The van der Waals surface area contributed by atoms with Crippen molar-refractivity contribution in [1.82, 2.24) is 15.0 Å². The van der Waals surface area contributed by atoms with Crippen molar-refractivity contribution in [3.05, 3.63) is 64.6 Å². The SMILES string of the molecule is CCOC(=O)c1nc(Sc2ccnc(N3CC(C(C)(C)O)C3)c2Cl)cnc1N1CCC2(CC1)Cc1ccccc1[C@H]2C. The molecule has 10 heteroatoms. The van der Waals surface area contributed by atoms with Crippen LogP contribution in [0.1, 0.15) is 68.1 Å². The second-order valence-corrected chi connectivity index (χ2v) is 13.8.